The molecule has 0 aliphatic carbocycles. The molecule has 4 aromatic carbocycles. The van der Waals surface area contributed by atoms with Crippen LogP contribution in [0.1, 0.15) is 39.3 Å². The van der Waals surface area contributed by atoms with Crippen molar-refractivity contribution in [1.82, 2.24) is 4.57 Å². The first-order valence-corrected chi connectivity index (χ1v) is 15.5. The molecule has 10 heteroatoms. The highest BCUT2D eigenvalue weighted by Gasteiger charge is 2.32. The number of fused-ring (bicyclic) bond motifs is 1. The third-order valence-corrected chi connectivity index (χ3v) is 8.95. The number of hydrogen-bond donors (Lipinski definition) is 1. The van der Waals surface area contributed by atoms with E-state index in [2.05, 4.69) is 24.3 Å². The molecule has 2 heterocycles. The van der Waals surface area contributed by atoms with Crippen LogP contribution in [0, 0.1) is 45.3 Å². The van der Waals surface area contributed by atoms with Crippen molar-refractivity contribution in [2.75, 3.05) is 0 Å². The molecule has 1 aliphatic rings. The number of nitriles is 4. The number of hydrogen-bond acceptors (Lipinski definition) is 9. The maximum Gasteiger partial charge on any atom is 0.274 e. The summed E-state index contributed by atoms with van der Waals surface area (Å²) in [6.45, 7) is 0.435. The Bertz CT molecular complexity index is 2430. The minimum atomic E-state index is -0.776. The number of rotatable bonds is 8. The van der Waals surface area contributed by atoms with Crippen molar-refractivity contribution in [1.29, 1.82) is 21.0 Å². The van der Waals surface area contributed by atoms with E-state index >= 15 is 0 Å². The van der Waals surface area contributed by atoms with Crippen molar-refractivity contribution in [2.24, 2.45) is 5.73 Å². The zero-order valence-corrected chi connectivity index (χ0v) is 26.1. The highest BCUT2D eigenvalue weighted by Crippen LogP contribution is 2.36. The SMILES string of the molecule is N#CC1=C(N)n2c(s/c(=C\c3ccc(OCc4ccccc4C#N)cc3)c2=O)=C(C#N)C1c1ccc(OCc2ccccc2C#N)cc1. The average molecular weight is 645 g/mol. The zero-order valence-electron chi connectivity index (χ0n) is 25.3. The second-order valence-corrected chi connectivity index (χ2v) is 11.7. The lowest BCUT2D eigenvalue weighted by Gasteiger charge is -2.22. The number of ether oxygens (including phenoxy) is 2. The molecule has 230 valence electrons. The van der Waals surface area contributed by atoms with Gasteiger partial charge in [0.25, 0.3) is 5.56 Å². The van der Waals surface area contributed by atoms with Crippen LogP contribution >= 0.6 is 11.3 Å². The second kappa shape index (κ2) is 13.6. The van der Waals surface area contributed by atoms with Gasteiger partial charge in [-0.2, -0.15) is 21.0 Å². The van der Waals surface area contributed by atoms with Gasteiger partial charge >= 0.3 is 0 Å². The minimum absolute atomic E-state index is 0.0211. The van der Waals surface area contributed by atoms with Crippen molar-refractivity contribution in [3.8, 4) is 35.8 Å². The summed E-state index contributed by atoms with van der Waals surface area (Å²) in [6.07, 6.45) is 1.70. The van der Waals surface area contributed by atoms with Crippen molar-refractivity contribution < 1.29 is 9.47 Å². The Kier molecular flexibility index (Phi) is 8.86. The molecule has 0 fully saturated rings. The molecule has 0 radical (unpaired) electrons. The van der Waals surface area contributed by atoms with Crippen LogP contribution in [0.25, 0.3) is 17.5 Å². The summed E-state index contributed by atoms with van der Waals surface area (Å²) in [5, 5.41) is 39.1. The van der Waals surface area contributed by atoms with Crippen molar-refractivity contribution in [3.05, 3.63) is 156 Å². The molecule has 1 atom stereocenters. The number of aromatic nitrogens is 1. The van der Waals surface area contributed by atoms with E-state index < -0.39 is 11.5 Å². The lowest BCUT2D eigenvalue weighted by atomic mass is 9.84. The number of thiazole rings is 1. The van der Waals surface area contributed by atoms with Gasteiger partial charge in [0.2, 0.25) is 0 Å². The summed E-state index contributed by atoms with van der Waals surface area (Å²) in [4.78, 5) is 13.6. The highest BCUT2D eigenvalue weighted by atomic mass is 32.1. The lowest BCUT2D eigenvalue weighted by Crippen LogP contribution is -2.38. The molecule has 0 saturated carbocycles. The fourth-order valence-electron chi connectivity index (χ4n) is 5.39. The summed E-state index contributed by atoms with van der Waals surface area (Å²) < 4.78 is 13.7. The third-order valence-electron chi connectivity index (χ3n) is 7.84. The molecule has 6 rings (SSSR count). The van der Waals surface area contributed by atoms with E-state index in [0.717, 1.165) is 28.0 Å². The Morgan fingerprint density at radius 3 is 1.75 bits per heavy atom. The Balaban J connectivity index is 1.29. The van der Waals surface area contributed by atoms with Gasteiger partial charge in [-0.3, -0.25) is 9.36 Å². The lowest BCUT2D eigenvalue weighted by molar-refractivity contribution is 0.305. The largest absolute Gasteiger partial charge is 0.489 e. The molecule has 2 N–H and O–H groups in total. The monoisotopic (exact) mass is 644 g/mol. The van der Waals surface area contributed by atoms with Crippen LogP contribution in [0.5, 0.6) is 11.5 Å². The summed E-state index contributed by atoms with van der Waals surface area (Å²) in [5.74, 6) is 0.345. The molecule has 1 aliphatic heterocycles. The summed E-state index contributed by atoms with van der Waals surface area (Å²) in [7, 11) is 0. The first-order chi connectivity index (χ1) is 23.4. The fourth-order valence-corrected chi connectivity index (χ4v) is 6.51. The van der Waals surface area contributed by atoms with Gasteiger partial charge in [0.15, 0.2) is 0 Å². The molecule has 9 nitrogen and oxygen atoms in total. The Labute approximate surface area is 279 Å². The summed E-state index contributed by atoms with van der Waals surface area (Å²) >= 11 is 1.13. The van der Waals surface area contributed by atoms with E-state index in [-0.39, 0.29) is 30.2 Å². The molecule has 1 aromatic heterocycles. The predicted molar refractivity (Wildman–Crippen MR) is 180 cm³/mol. The van der Waals surface area contributed by atoms with E-state index in [4.69, 9.17) is 15.2 Å². The van der Waals surface area contributed by atoms with Gasteiger partial charge < -0.3 is 15.2 Å². The first-order valence-electron chi connectivity index (χ1n) is 14.6. The first kappa shape index (κ1) is 31.1. The molecule has 48 heavy (non-hydrogen) atoms. The van der Waals surface area contributed by atoms with E-state index in [1.807, 2.05) is 24.3 Å². The molecule has 0 amide bonds. The van der Waals surface area contributed by atoms with Gasteiger partial charge in [0.1, 0.15) is 35.2 Å². The number of benzene rings is 4. The standard InChI is InChI=1S/C38H24N6O3S/c39-18-26-5-1-3-7-28(26)22-46-30-13-9-24(10-14-30)17-34-37(45)44-36(43)32(20-41)35(33(21-42)38(44)48-34)25-11-15-31(16-12-25)47-23-29-8-4-2-6-27(29)19-40/h1-17,35H,22-23,43H2/b34-17-. The fraction of sp³-hybridized carbons (Fsp3) is 0.0789. The van der Waals surface area contributed by atoms with Crippen LogP contribution in [0.4, 0.5) is 0 Å². The van der Waals surface area contributed by atoms with Crippen LogP contribution in [0.2, 0.25) is 0 Å². The van der Waals surface area contributed by atoms with E-state index in [0.29, 0.717) is 37.4 Å². The molecular weight excluding hydrogens is 621 g/mol. The maximum absolute atomic E-state index is 13.6. The maximum atomic E-state index is 13.6. The number of nitrogens with zero attached hydrogens (tertiary/aromatic N) is 5. The van der Waals surface area contributed by atoms with Crippen LogP contribution in [-0.2, 0) is 13.2 Å². The molecule has 0 spiro atoms. The van der Waals surface area contributed by atoms with Crippen LogP contribution in [-0.4, -0.2) is 4.57 Å². The van der Waals surface area contributed by atoms with E-state index in [1.165, 1.54) is 4.57 Å². The average Bonchev–Trinajstić information content (AvgIpc) is 3.45. The summed E-state index contributed by atoms with van der Waals surface area (Å²) in [6, 6.07) is 37.2. The molecule has 0 saturated heterocycles. The van der Waals surface area contributed by atoms with Crippen LogP contribution in [0.15, 0.2) is 107 Å². The molecule has 1 unspecified atom stereocenters. The van der Waals surface area contributed by atoms with Gasteiger partial charge in [0.05, 0.1) is 57.0 Å². The van der Waals surface area contributed by atoms with Crippen molar-refractivity contribution in [3.63, 3.8) is 0 Å². The van der Waals surface area contributed by atoms with E-state index in [1.54, 1.807) is 78.9 Å². The van der Waals surface area contributed by atoms with Gasteiger partial charge in [-0.05, 0) is 53.6 Å². The zero-order chi connectivity index (χ0) is 33.6. The summed E-state index contributed by atoms with van der Waals surface area (Å²) in [5.41, 5.74) is 10.3. The van der Waals surface area contributed by atoms with E-state index in [9.17, 15) is 25.8 Å². The van der Waals surface area contributed by atoms with Gasteiger partial charge in [-0.25, -0.2) is 0 Å². The number of allylic oxidation sites excluding steroid dienone is 1. The Morgan fingerprint density at radius 2 is 1.23 bits per heavy atom. The number of nitrogens with two attached hydrogens (primary N) is 1. The minimum Gasteiger partial charge on any atom is -0.489 e. The molecule has 5 aromatic rings. The molecule has 0 bridgehead atoms. The predicted octanol–water partition coefficient (Wildman–Crippen LogP) is 4.76. The molecular formula is C38H24N6O3S. The third kappa shape index (κ3) is 6.04. The highest BCUT2D eigenvalue weighted by molar-refractivity contribution is 7.07. The van der Waals surface area contributed by atoms with Crippen LogP contribution < -0.4 is 30.0 Å². The smallest absolute Gasteiger partial charge is 0.274 e. The normalized spacial score (nSPS) is 13.9. The van der Waals surface area contributed by atoms with Crippen LogP contribution in [0.3, 0.4) is 0 Å². The Hall–Kier alpha value is -6.85. The second-order valence-electron chi connectivity index (χ2n) is 10.7. The van der Waals surface area contributed by atoms with Crippen molar-refractivity contribution >= 4 is 28.8 Å². The topological polar surface area (TPSA) is 162 Å². The van der Waals surface area contributed by atoms with Gasteiger partial charge in [-0.15, -0.1) is 11.3 Å². The van der Waals surface area contributed by atoms with Gasteiger partial charge in [0, 0.05) is 11.1 Å². The quantitative estimate of drug-likeness (QED) is 0.253. The van der Waals surface area contributed by atoms with Crippen molar-refractivity contribution in [2.45, 2.75) is 19.1 Å². The Morgan fingerprint density at radius 1 is 0.708 bits per heavy atom. The van der Waals surface area contributed by atoms with Gasteiger partial charge in [-0.1, -0.05) is 60.7 Å².